The number of fused-ring (bicyclic) bond motifs is 2. The van der Waals surface area contributed by atoms with Crippen LogP contribution in [-0.2, 0) is 13.5 Å². The minimum Gasteiger partial charge on any atom is -0.497 e. The molecule has 0 aliphatic carbocycles. The molecule has 5 nitrogen and oxygen atoms in total. The first-order valence-electron chi connectivity index (χ1n) is 6.95. The van der Waals surface area contributed by atoms with Crippen LogP contribution in [0.4, 0.5) is 5.82 Å². The number of nitrogens with zero attached hydrogens (tertiary/aromatic N) is 3. The van der Waals surface area contributed by atoms with E-state index in [0.717, 1.165) is 23.7 Å². The first kappa shape index (κ1) is 12.2. The van der Waals surface area contributed by atoms with Crippen LogP contribution in [0.3, 0.4) is 0 Å². The van der Waals surface area contributed by atoms with Crippen LogP contribution in [0.5, 0.6) is 5.75 Å². The molecular weight excluding hydrogens is 264 g/mol. The molecule has 1 atom stereocenters. The smallest absolute Gasteiger partial charge is 0.148 e. The third kappa shape index (κ3) is 1.85. The number of rotatable bonds is 2. The molecule has 4 rings (SSSR count). The normalized spacial score (nSPS) is 16.8. The van der Waals surface area contributed by atoms with Crippen molar-refractivity contribution in [3.05, 3.63) is 48.0 Å². The van der Waals surface area contributed by atoms with Crippen LogP contribution in [-0.4, -0.2) is 21.6 Å². The highest BCUT2D eigenvalue weighted by Crippen LogP contribution is 2.36. The summed E-state index contributed by atoms with van der Waals surface area (Å²) in [5, 5.41) is 4.68. The van der Waals surface area contributed by atoms with Gasteiger partial charge in [0.05, 0.1) is 18.8 Å². The van der Waals surface area contributed by atoms with Gasteiger partial charge in [-0.2, -0.15) is 0 Å². The quantitative estimate of drug-likeness (QED) is 0.784. The number of hydrogen-bond acceptors (Lipinski definition) is 4. The van der Waals surface area contributed by atoms with Crippen LogP contribution < -0.4 is 10.1 Å². The fourth-order valence-electron chi connectivity index (χ4n) is 3.04. The number of benzene rings is 1. The number of aromatic nitrogens is 3. The Labute approximate surface area is 122 Å². The Kier molecular flexibility index (Phi) is 2.60. The number of hydrogen-bond donors (Lipinski definition) is 1. The van der Waals surface area contributed by atoms with E-state index in [4.69, 9.17) is 4.74 Å². The molecule has 0 saturated heterocycles. The van der Waals surface area contributed by atoms with Gasteiger partial charge in [0, 0.05) is 48.5 Å². The van der Waals surface area contributed by atoms with Gasteiger partial charge in [-0.15, -0.1) is 0 Å². The second-order valence-electron chi connectivity index (χ2n) is 5.33. The van der Waals surface area contributed by atoms with Crippen molar-refractivity contribution in [1.82, 2.24) is 14.5 Å². The van der Waals surface area contributed by atoms with E-state index in [2.05, 4.69) is 45.2 Å². The van der Waals surface area contributed by atoms with Crippen LogP contribution >= 0.6 is 0 Å². The molecule has 0 spiro atoms. The monoisotopic (exact) mass is 280 g/mol. The largest absolute Gasteiger partial charge is 0.497 e. The zero-order valence-electron chi connectivity index (χ0n) is 12.0. The maximum atomic E-state index is 5.36. The molecule has 3 aromatic rings. The van der Waals surface area contributed by atoms with Crippen molar-refractivity contribution in [2.24, 2.45) is 7.05 Å². The molecule has 0 bridgehead atoms. The van der Waals surface area contributed by atoms with Crippen LogP contribution in [0.25, 0.3) is 10.9 Å². The summed E-state index contributed by atoms with van der Waals surface area (Å²) in [6, 6.07) is 6.39. The van der Waals surface area contributed by atoms with Crippen molar-refractivity contribution in [3.8, 4) is 5.75 Å². The van der Waals surface area contributed by atoms with Gasteiger partial charge in [-0.3, -0.25) is 4.98 Å². The summed E-state index contributed by atoms with van der Waals surface area (Å²) >= 11 is 0. The van der Waals surface area contributed by atoms with E-state index in [-0.39, 0.29) is 6.04 Å². The third-order valence-electron chi connectivity index (χ3n) is 4.09. The van der Waals surface area contributed by atoms with Crippen LogP contribution in [0, 0.1) is 0 Å². The Hall–Kier alpha value is -2.56. The lowest BCUT2D eigenvalue weighted by molar-refractivity contribution is 0.415. The number of anilines is 1. The van der Waals surface area contributed by atoms with E-state index in [1.165, 1.54) is 16.5 Å². The van der Waals surface area contributed by atoms with E-state index >= 15 is 0 Å². The van der Waals surface area contributed by atoms with E-state index < -0.39 is 0 Å². The summed E-state index contributed by atoms with van der Waals surface area (Å²) in [6.07, 6.45) is 6.50. The molecule has 0 fully saturated rings. The molecule has 1 aliphatic rings. The van der Waals surface area contributed by atoms with Gasteiger partial charge in [0.2, 0.25) is 0 Å². The Morgan fingerprint density at radius 3 is 2.95 bits per heavy atom. The lowest BCUT2D eigenvalue weighted by Gasteiger charge is -2.10. The van der Waals surface area contributed by atoms with Gasteiger partial charge < -0.3 is 14.6 Å². The van der Waals surface area contributed by atoms with Gasteiger partial charge in [0.15, 0.2) is 0 Å². The van der Waals surface area contributed by atoms with E-state index in [9.17, 15) is 0 Å². The van der Waals surface area contributed by atoms with Gasteiger partial charge in [0.25, 0.3) is 0 Å². The zero-order chi connectivity index (χ0) is 14.4. The molecule has 0 saturated carbocycles. The molecule has 106 valence electrons. The van der Waals surface area contributed by atoms with Gasteiger partial charge in [-0.05, 0) is 18.2 Å². The number of aryl methyl sites for hydroxylation is 1. The van der Waals surface area contributed by atoms with Gasteiger partial charge >= 0.3 is 0 Å². The van der Waals surface area contributed by atoms with E-state index in [1.807, 2.05) is 6.07 Å². The molecule has 1 N–H and O–H groups in total. The van der Waals surface area contributed by atoms with Crippen LogP contribution in [0.2, 0.25) is 0 Å². The van der Waals surface area contributed by atoms with E-state index in [0.29, 0.717) is 0 Å². The first-order valence-corrected chi connectivity index (χ1v) is 6.95. The van der Waals surface area contributed by atoms with Crippen LogP contribution in [0.15, 0.2) is 36.8 Å². The summed E-state index contributed by atoms with van der Waals surface area (Å²) < 4.78 is 7.51. The second kappa shape index (κ2) is 4.48. The summed E-state index contributed by atoms with van der Waals surface area (Å²) in [7, 11) is 3.76. The SMILES string of the molecule is COc1ccc2c(c1)c(C1Cc3nccnc3N1)cn2C. The van der Waals surface area contributed by atoms with Crippen molar-refractivity contribution in [3.63, 3.8) is 0 Å². The summed E-state index contributed by atoms with van der Waals surface area (Å²) in [5.41, 5.74) is 3.48. The van der Waals surface area contributed by atoms with Gasteiger partial charge in [-0.25, -0.2) is 4.98 Å². The molecule has 1 unspecified atom stereocenters. The summed E-state index contributed by atoms with van der Waals surface area (Å²) in [5.74, 6) is 1.77. The third-order valence-corrected chi connectivity index (χ3v) is 4.09. The first-order chi connectivity index (χ1) is 10.3. The van der Waals surface area contributed by atoms with Crippen LogP contribution in [0.1, 0.15) is 17.3 Å². The minimum absolute atomic E-state index is 0.207. The molecule has 2 aromatic heterocycles. The fraction of sp³-hybridized carbons (Fsp3) is 0.250. The zero-order valence-corrected chi connectivity index (χ0v) is 12.0. The highest BCUT2D eigenvalue weighted by molar-refractivity contribution is 5.86. The molecule has 3 heterocycles. The maximum absolute atomic E-state index is 5.36. The van der Waals surface area contributed by atoms with Crippen molar-refractivity contribution in [1.29, 1.82) is 0 Å². The highest BCUT2D eigenvalue weighted by atomic mass is 16.5. The maximum Gasteiger partial charge on any atom is 0.148 e. The predicted octanol–water partition coefficient (Wildman–Crippen LogP) is 2.69. The lowest BCUT2D eigenvalue weighted by atomic mass is 10.0. The second-order valence-corrected chi connectivity index (χ2v) is 5.33. The molecular formula is C16H16N4O. The molecule has 1 aliphatic heterocycles. The van der Waals surface area contributed by atoms with Gasteiger partial charge in [-0.1, -0.05) is 0 Å². The highest BCUT2D eigenvalue weighted by Gasteiger charge is 2.26. The van der Waals surface area contributed by atoms with Crippen molar-refractivity contribution >= 4 is 16.7 Å². The Balaban J connectivity index is 1.81. The van der Waals surface area contributed by atoms with Crippen molar-refractivity contribution < 1.29 is 4.74 Å². The molecule has 0 radical (unpaired) electrons. The van der Waals surface area contributed by atoms with Gasteiger partial charge in [0.1, 0.15) is 11.6 Å². The van der Waals surface area contributed by atoms with Crippen molar-refractivity contribution in [2.75, 3.05) is 12.4 Å². The summed E-state index contributed by atoms with van der Waals surface area (Å²) in [4.78, 5) is 8.75. The van der Waals surface area contributed by atoms with Crippen molar-refractivity contribution in [2.45, 2.75) is 12.5 Å². The minimum atomic E-state index is 0.207. The van der Waals surface area contributed by atoms with E-state index in [1.54, 1.807) is 19.5 Å². The average molecular weight is 280 g/mol. The number of nitrogens with one attached hydrogen (secondary N) is 1. The Bertz CT molecular complexity index is 799. The number of methoxy groups -OCH3 is 1. The molecule has 5 heteroatoms. The Morgan fingerprint density at radius 2 is 2.14 bits per heavy atom. The standard InChI is InChI=1S/C16H16N4O/c1-20-9-12(11-7-10(21-2)3-4-15(11)20)13-8-14-16(19-13)18-6-5-17-14/h3-7,9,13H,8H2,1-2H3,(H,18,19). The molecule has 21 heavy (non-hydrogen) atoms. The fourth-order valence-corrected chi connectivity index (χ4v) is 3.04. The predicted molar refractivity (Wildman–Crippen MR) is 81.6 cm³/mol. The molecule has 0 amide bonds. The summed E-state index contributed by atoms with van der Waals surface area (Å²) in [6.45, 7) is 0. The topological polar surface area (TPSA) is 52.0 Å². The molecule has 1 aromatic carbocycles. The average Bonchev–Trinajstić information content (AvgIpc) is 3.08. The number of ether oxygens (including phenoxy) is 1. The lowest BCUT2D eigenvalue weighted by Crippen LogP contribution is -2.05. The Morgan fingerprint density at radius 1 is 1.29 bits per heavy atom.